The van der Waals surface area contributed by atoms with Gasteiger partial charge in [-0.15, -0.1) is 0 Å². The lowest BCUT2D eigenvalue weighted by Crippen LogP contribution is -2.30. The molecule has 0 spiro atoms. The Morgan fingerprint density at radius 2 is 0.646 bits per heavy atom. The first kappa shape index (κ1) is 61.9. The quantitative estimate of drug-likeness (QED) is 0.0199. The average Bonchev–Trinajstić information content (AvgIpc) is 3.30. The number of hydrogen-bond donors (Lipinski definition) is 0. The standard InChI is InChI=1S/C59H102O6/c1-4-7-10-13-16-19-22-25-27-29-30-32-34-37-40-43-46-49-52-58(61)64-55-56(54-63-57(60)51-48-45-42-39-36-33-24-21-18-15-12-9-6-3)65-59(62)53-50-47-44-41-38-35-31-28-26-23-20-17-14-11-8-5-2/h16,19,22,25,27,29-30,32-33,36,42,45,56H,4-15,17-18,20-21,23-24,26,28,31,34-35,37-41,43-44,46-55H2,1-3H3/b19-16+,25-22+,29-27+,32-30+,36-33+,45-42+. The fraction of sp³-hybridized carbons (Fsp3) is 0.746. The van der Waals surface area contributed by atoms with Gasteiger partial charge in [0.1, 0.15) is 13.2 Å². The molecule has 374 valence electrons. The van der Waals surface area contributed by atoms with Crippen LogP contribution in [0, 0.1) is 0 Å². The van der Waals surface area contributed by atoms with Gasteiger partial charge in [-0.1, -0.05) is 254 Å². The summed E-state index contributed by atoms with van der Waals surface area (Å²) in [6.07, 6.45) is 67.5. The van der Waals surface area contributed by atoms with Crippen molar-refractivity contribution in [1.29, 1.82) is 0 Å². The van der Waals surface area contributed by atoms with Crippen LogP contribution >= 0.6 is 0 Å². The third-order valence-electron chi connectivity index (χ3n) is 11.8. The predicted octanol–water partition coefficient (Wildman–Crippen LogP) is 18.2. The van der Waals surface area contributed by atoms with E-state index in [1.807, 2.05) is 6.08 Å². The molecular weight excluding hydrogens is 805 g/mol. The molecule has 0 saturated heterocycles. The number of hydrogen-bond acceptors (Lipinski definition) is 6. The normalized spacial score (nSPS) is 12.6. The maximum atomic E-state index is 12.8. The van der Waals surface area contributed by atoms with Crippen LogP contribution in [0.25, 0.3) is 0 Å². The molecule has 0 aromatic rings. The summed E-state index contributed by atoms with van der Waals surface area (Å²) < 4.78 is 16.8. The first-order valence-electron chi connectivity index (χ1n) is 27.5. The molecular formula is C59H102O6. The van der Waals surface area contributed by atoms with Crippen LogP contribution in [0.3, 0.4) is 0 Å². The summed E-state index contributed by atoms with van der Waals surface area (Å²) in [5.41, 5.74) is 0. The molecule has 1 atom stereocenters. The van der Waals surface area contributed by atoms with Crippen molar-refractivity contribution in [3.63, 3.8) is 0 Å². The van der Waals surface area contributed by atoms with Gasteiger partial charge in [-0.25, -0.2) is 0 Å². The molecule has 0 N–H and O–H groups in total. The van der Waals surface area contributed by atoms with Crippen LogP contribution < -0.4 is 0 Å². The maximum absolute atomic E-state index is 12.8. The van der Waals surface area contributed by atoms with E-state index >= 15 is 0 Å². The topological polar surface area (TPSA) is 78.9 Å². The number of ether oxygens (including phenoxy) is 3. The van der Waals surface area contributed by atoms with E-state index in [0.29, 0.717) is 19.3 Å². The van der Waals surface area contributed by atoms with Gasteiger partial charge in [-0.2, -0.15) is 0 Å². The molecule has 0 heterocycles. The summed E-state index contributed by atoms with van der Waals surface area (Å²) in [5, 5.41) is 0. The van der Waals surface area contributed by atoms with Crippen LogP contribution in [0.1, 0.15) is 265 Å². The summed E-state index contributed by atoms with van der Waals surface area (Å²) in [6, 6.07) is 0. The molecule has 0 aliphatic rings. The largest absolute Gasteiger partial charge is 0.462 e. The Labute approximate surface area is 402 Å². The summed E-state index contributed by atoms with van der Waals surface area (Å²) in [5.74, 6) is -0.986. The van der Waals surface area contributed by atoms with Crippen molar-refractivity contribution in [2.75, 3.05) is 13.2 Å². The maximum Gasteiger partial charge on any atom is 0.306 e. The predicted molar refractivity (Wildman–Crippen MR) is 279 cm³/mol. The van der Waals surface area contributed by atoms with Gasteiger partial charge >= 0.3 is 17.9 Å². The number of carbonyl (C=O) groups is 3. The Kier molecular flexibility index (Phi) is 50.9. The minimum atomic E-state index is -0.806. The summed E-state index contributed by atoms with van der Waals surface area (Å²) >= 11 is 0. The van der Waals surface area contributed by atoms with Gasteiger partial charge in [0.15, 0.2) is 6.10 Å². The van der Waals surface area contributed by atoms with Gasteiger partial charge in [0, 0.05) is 19.3 Å². The highest BCUT2D eigenvalue weighted by Crippen LogP contribution is 2.15. The molecule has 1 unspecified atom stereocenters. The highest BCUT2D eigenvalue weighted by molar-refractivity contribution is 5.71. The second kappa shape index (κ2) is 53.5. The summed E-state index contributed by atoms with van der Waals surface area (Å²) in [6.45, 7) is 6.54. The van der Waals surface area contributed by atoms with Gasteiger partial charge in [0.25, 0.3) is 0 Å². The lowest BCUT2D eigenvalue weighted by atomic mass is 10.0. The number of esters is 3. The lowest BCUT2D eigenvalue weighted by molar-refractivity contribution is -0.166. The van der Waals surface area contributed by atoms with E-state index < -0.39 is 6.10 Å². The minimum absolute atomic E-state index is 0.103. The van der Waals surface area contributed by atoms with Crippen molar-refractivity contribution in [3.8, 4) is 0 Å². The van der Waals surface area contributed by atoms with Gasteiger partial charge in [0.2, 0.25) is 0 Å². The average molecular weight is 907 g/mol. The Hall–Kier alpha value is -3.15. The van der Waals surface area contributed by atoms with Crippen molar-refractivity contribution in [3.05, 3.63) is 72.9 Å². The SMILES string of the molecule is CCCCC/C=C/C=C/C=C/C=C/CCCCCCCC(=O)OCC(COC(=O)CC/C=C/C/C=C/CCCCCCCC)OC(=O)CCCCCCCCCCCCCCCCCC. The second-order valence-corrected chi connectivity index (χ2v) is 18.2. The number of unbranched alkanes of at least 4 members (excludes halogenated alkanes) is 29. The van der Waals surface area contributed by atoms with Crippen LogP contribution in [0.5, 0.6) is 0 Å². The van der Waals surface area contributed by atoms with E-state index in [9.17, 15) is 14.4 Å². The summed E-state index contributed by atoms with van der Waals surface area (Å²) in [7, 11) is 0. The Morgan fingerprint density at radius 3 is 1.11 bits per heavy atom. The zero-order valence-electron chi connectivity index (χ0n) is 42.7. The molecule has 0 bridgehead atoms. The molecule has 0 rings (SSSR count). The van der Waals surface area contributed by atoms with E-state index in [-0.39, 0.29) is 37.5 Å². The third kappa shape index (κ3) is 51.7. The fourth-order valence-corrected chi connectivity index (χ4v) is 7.63. The highest BCUT2D eigenvalue weighted by atomic mass is 16.6. The molecule has 6 heteroatoms. The number of carbonyl (C=O) groups excluding carboxylic acids is 3. The van der Waals surface area contributed by atoms with E-state index in [1.54, 1.807) is 0 Å². The molecule has 65 heavy (non-hydrogen) atoms. The third-order valence-corrected chi connectivity index (χ3v) is 11.8. The molecule has 0 radical (unpaired) electrons. The van der Waals surface area contributed by atoms with Crippen LogP contribution in [0.2, 0.25) is 0 Å². The van der Waals surface area contributed by atoms with Gasteiger partial charge in [0.05, 0.1) is 0 Å². The van der Waals surface area contributed by atoms with E-state index in [4.69, 9.17) is 14.2 Å². The second-order valence-electron chi connectivity index (χ2n) is 18.2. The van der Waals surface area contributed by atoms with E-state index in [0.717, 1.165) is 77.0 Å². The molecule has 0 amide bonds. The van der Waals surface area contributed by atoms with Crippen LogP contribution in [0.4, 0.5) is 0 Å². The first-order valence-corrected chi connectivity index (χ1v) is 27.5. The minimum Gasteiger partial charge on any atom is -0.462 e. The van der Waals surface area contributed by atoms with Crippen molar-refractivity contribution in [2.24, 2.45) is 0 Å². The number of rotatable bonds is 49. The molecule has 0 fully saturated rings. The Bertz CT molecular complexity index is 1230. The number of allylic oxidation sites excluding steroid dienone is 12. The molecule has 0 aromatic carbocycles. The van der Waals surface area contributed by atoms with E-state index in [1.165, 1.54) is 141 Å². The smallest absolute Gasteiger partial charge is 0.306 e. The van der Waals surface area contributed by atoms with Crippen molar-refractivity contribution in [2.45, 2.75) is 271 Å². The zero-order valence-corrected chi connectivity index (χ0v) is 42.7. The van der Waals surface area contributed by atoms with Crippen LogP contribution in [-0.4, -0.2) is 37.2 Å². The summed E-state index contributed by atoms with van der Waals surface area (Å²) in [4.78, 5) is 38.0. The Balaban J connectivity index is 4.46. The monoisotopic (exact) mass is 907 g/mol. The van der Waals surface area contributed by atoms with Crippen LogP contribution in [-0.2, 0) is 28.6 Å². The highest BCUT2D eigenvalue weighted by Gasteiger charge is 2.19. The molecule has 0 aliphatic heterocycles. The molecule has 0 aromatic heterocycles. The van der Waals surface area contributed by atoms with Crippen molar-refractivity contribution < 1.29 is 28.6 Å². The fourth-order valence-electron chi connectivity index (χ4n) is 7.63. The van der Waals surface area contributed by atoms with Crippen LogP contribution in [0.15, 0.2) is 72.9 Å². The molecule has 6 nitrogen and oxygen atoms in total. The zero-order chi connectivity index (χ0) is 47.2. The Morgan fingerprint density at radius 1 is 0.323 bits per heavy atom. The van der Waals surface area contributed by atoms with Crippen molar-refractivity contribution in [1.82, 2.24) is 0 Å². The lowest BCUT2D eigenvalue weighted by Gasteiger charge is -2.18. The first-order chi connectivity index (χ1) is 32.0. The van der Waals surface area contributed by atoms with E-state index in [2.05, 4.69) is 87.6 Å². The molecule has 0 saturated carbocycles. The van der Waals surface area contributed by atoms with Gasteiger partial charge < -0.3 is 14.2 Å². The van der Waals surface area contributed by atoms with Gasteiger partial charge in [-0.3, -0.25) is 14.4 Å². The molecule has 0 aliphatic carbocycles. The van der Waals surface area contributed by atoms with Crippen molar-refractivity contribution >= 4 is 17.9 Å². The van der Waals surface area contributed by atoms with Gasteiger partial charge in [-0.05, 0) is 64.2 Å².